The molecule has 1 atom stereocenters. The Morgan fingerprint density at radius 2 is 2.15 bits per heavy atom. The molecule has 0 fully saturated rings. The van der Waals surface area contributed by atoms with Crippen LogP contribution in [0.2, 0.25) is 0 Å². The number of nitrogen functional groups attached to an aromatic ring is 1. The van der Waals surface area contributed by atoms with Crippen molar-refractivity contribution in [1.82, 2.24) is 25.3 Å². The molecule has 10 heteroatoms. The van der Waals surface area contributed by atoms with Gasteiger partial charge < -0.3 is 11.1 Å². The molecule has 2 aromatic rings. The van der Waals surface area contributed by atoms with Gasteiger partial charge in [-0.25, -0.2) is 13.1 Å². The summed E-state index contributed by atoms with van der Waals surface area (Å²) in [4.78, 5) is 0.0651. The molecule has 0 amide bonds. The number of H-pyrrole nitrogens is 1. The molecular weight excluding hydrogens is 282 g/mol. The molecule has 0 bridgehead atoms. The molecule has 1 heterocycles. The summed E-state index contributed by atoms with van der Waals surface area (Å²) in [5.74, 6) is 0.426. The fourth-order valence-electron chi connectivity index (χ4n) is 1.64. The van der Waals surface area contributed by atoms with Gasteiger partial charge in [-0.15, -0.1) is 10.2 Å². The van der Waals surface area contributed by atoms with E-state index < -0.39 is 10.0 Å². The summed E-state index contributed by atoms with van der Waals surface area (Å²) in [6.45, 7) is 1.79. The van der Waals surface area contributed by atoms with Crippen molar-refractivity contribution in [3.63, 3.8) is 0 Å². The predicted molar refractivity (Wildman–Crippen MR) is 73.3 cm³/mol. The van der Waals surface area contributed by atoms with Crippen molar-refractivity contribution in [2.24, 2.45) is 0 Å². The van der Waals surface area contributed by atoms with E-state index in [-0.39, 0.29) is 10.9 Å². The first-order valence-corrected chi connectivity index (χ1v) is 7.25. The molecule has 20 heavy (non-hydrogen) atoms. The second-order valence-electron chi connectivity index (χ2n) is 4.10. The maximum Gasteiger partial charge on any atom is 0.242 e. The number of sulfonamides is 1. The average molecular weight is 297 g/mol. The minimum Gasteiger partial charge on any atom is -0.399 e. The topological polar surface area (TPSA) is 139 Å². The van der Waals surface area contributed by atoms with E-state index in [2.05, 4.69) is 30.7 Å². The number of aromatic nitrogens is 4. The van der Waals surface area contributed by atoms with Crippen molar-refractivity contribution in [2.45, 2.75) is 17.9 Å². The number of nitrogens with one attached hydrogen (secondary N) is 3. The average Bonchev–Trinajstić information content (AvgIpc) is 2.94. The van der Waals surface area contributed by atoms with E-state index in [1.165, 1.54) is 13.1 Å². The Bertz CT molecular complexity index is 684. The van der Waals surface area contributed by atoms with Crippen LogP contribution in [0, 0.1) is 0 Å². The number of nitrogens with zero attached hydrogens (tertiary/aromatic N) is 3. The lowest BCUT2D eigenvalue weighted by Crippen LogP contribution is -2.21. The summed E-state index contributed by atoms with van der Waals surface area (Å²) >= 11 is 0. The molecule has 108 valence electrons. The minimum absolute atomic E-state index is 0.0651. The van der Waals surface area contributed by atoms with Crippen molar-refractivity contribution in [2.75, 3.05) is 18.1 Å². The standard InChI is InChI=1S/C10H15N7O2S/c1-6(10-14-16-17-15-10)13-8-4-3-7(11)5-9(8)20(18,19)12-2/h3-6,12-13H,11H2,1-2H3,(H,14,15,16,17). The third-order valence-corrected chi connectivity index (χ3v) is 4.14. The molecule has 0 radical (unpaired) electrons. The Morgan fingerprint density at radius 3 is 2.75 bits per heavy atom. The second-order valence-corrected chi connectivity index (χ2v) is 5.95. The summed E-state index contributed by atoms with van der Waals surface area (Å²) < 4.78 is 26.2. The number of rotatable bonds is 5. The summed E-state index contributed by atoms with van der Waals surface area (Å²) in [6, 6.07) is 4.27. The maximum absolute atomic E-state index is 12.0. The summed E-state index contributed by atoms with van der Waals surface area (Å²) in [5, 5.41) is 16.5. The Morgan fingerprint density at radius 1 is 1.40 bits per heavy atom. The minimum atomic E-state index is -3.62. The highest BCUT2D eigenvalue weighted by Crippen LogP contribution is 2.26. The highest BCUT2D eigenvalue weighted by atomic mass is 32.2. The molecular formula is C10H15N7O2S. The Labute approximate surface area is 116 Å². The van der Waals surface area contributed by atoms with Gasteiger partial charge in [0.2, 0.25) is 10.0 Å². The van der Waals surface area contributed by atoms with Crippen LogP contribution in [0.1, 0.15) is 18.8 Å². The molecule has 9 nitrogen and oxygen atoms in total. The van der Waals surface area contributed by atoms with Crippen molar-refractivity contribution in [1.29, 1.82) is 0 Å². The van der Waals surface area contributed by atoms with Crippen molar-refractivity contribution in [3.05, 3.63) is 24.0 Å². The van der Waals surface area contributed by atoms with Crippen LogP contribution < -0.4 is 15.8 Å². The Kier molecular flexibility index (Phi) is 3.86. The number of nitrogens with two attached hydrogens (primary N) is 1. The summed E-state index contributed by atoms with van der Waals surface area (Å²) in [5.41, 5.74) is 6.41. The van der Waals surface area contributed by atoms with E-state index in [4.69, 9.17) is 5.73 Å². The smallest absolute Gasteiger partial charge is 0.242 e. The van der Waals surface area contributed by atoms with Crippen LogP contribution in [0.4, 0.5) is 11.4 Å². The number of hydrogen-bond acceptors (Lipinski definition) is 7. The van der Waals surface area contributed by atoms with Crippen LogP contribution in [0.15, 0.2) is 23.1 Å². The van der Waals surface area contributed by atoms with Crippen LogP contribution in [-0.4, -0.2) is 36.1 Å². The van der Waals surface area contributed by atoms with Crippen molar-refractivity contribution in [3.8, 4) is 0 Å². The molecule has 0 aliphatic heterocycles. The zero-order chi connectivity index (χ0) is 14.8. The molecule has 0 saturated carbocycles. The molecule has 0 spiro atoms. The number of tetrazole rings is 1. The first-order chi connectivity index (χ1) is 9.44. The van der Waals surface area contributed by atoms with Crippen LogP contribution in [0.25, 0.3) is 0 Å². The van der Waals surface area contributed by atoms with E-state index in [1.807, 2.05) is 0 Å². The maximum atomic E-state index is 12.0. The van der Waals surface area contributed by atoms with Crippen molar-refractivity contribution >= 4 is 21.4 Å². The lowest BCUT2D eigenvalue weighted by molar-refractivity contribution is 0.588. The van der Waals surface area contributed by atoms with Gasteiger partial charge in [-0.05, 0) is 32.2 Å². The number of benzene rings is 1. The van der Waals surface area contributed by atoms with Crippen LogP contribution in [-0.2, 0) is 10.0 Å². The number of aromatic amines is 1. The predicted octanol–water partition coefficient (Wildman–Crippen LogP) is -0.137. The lowest BCUT2D eigenvalue weighted by Gasteiger charge is -2.16. The monoisotopic (exact) mass is 297 g/mol. The molecule has 0 aliphatic rings. The second kappa shape index (κ2) is 5.43. The van der Waals surface area contributed by atoms with Gasteiger partial charge in [0.15, 0.2) is 5.82 Å². The van der Waals surface area contributed by atoms with Gasteiger partial charge in [0.25, 0.3) is 0 Å². The molecule has 0 aliphatic carbocycles. The lowest BCUT2D eigenvalue weighted by atomic mass is 10.2. The van der Waals surface area contributed by atoms with Gasteiger partial charge in [-0.2, -0.15) is 5.21 Å². The van der Waals surface area contributed by atoms with Gasteiger partial charge in [0.05, 0.1) is 11.7 Å². The molecule has 0 saturated heterocycles. The van der Waals surface area contributed by atoms with E-state index in [9.17, 15) is 8.42 Å². The fraction of sp³-hybridized carbons (Fsp3) is 0.300. The number of hydrogen-bond donors (Lipinski definition) is 4. The van der Waals surface area contributed by atoms with Crippen LogP contribution >= 0.6 is 0 Å². The largest absolute Gasteiger partial charge is 0.399 e. The van der Waals surface area contributed by atoms with Crippen LogP contribution in [0.3, 0.4) is 0 Å². The van der Waals surface area contributed by atoms with E-state index >= 15 is 0 Å². The van der Waals surface area contributed by atoms with Crippen molar-refractivity contribution < 1.29 is 8.42 Å². The zero-order valence-electron chi connectivity index (χ0n) is 11.0. The highest BCUT2D eigenvalue weighted by molar-refractivity contribution is 7.89. The Balaban J connectivity index is 2.37. The Hall–Kier alpha value is -2.20. The highest BCUT2D eigenvalue weighted by Gasteiger charge is 2.19. The molecule has 5 N–H and O–H groups in total. The number of anilines is 2. The zero-order valence-corrected chi connectivity index (χ0v) is 11.8. The molecule has 2 rings (SSSR count). The van der Waals surface area contributed by atoms with E-state index in [1.54, 1.807) is 19.1 Å². The third kappa shape index (κ3) is 2.86. The van der Waals surface area contributed by atoms with Crippen LogP contribution in [0.5, 0.6) is 0 Å². The fourth-order valence-corrected chi connectivity index (χ4v) is 2.57. The molecule has 1 unspecified atom stereocenters. The first-order valence-electron chi connectivity index (χ1n) is 5.77. The molecule has 1 aromatic heterocycles. The first kappa shape index (κ1) is 14.2. The SMILES string of the molecule is CNS(=O)(=O)c1cc(N)ccc1NC(C)c1nn[nH]n1. The normalized spacial score (nSPS) is 13.1. The quantitative estimate of drug-likeness (QED) is 0.563. The van der Waals surface area contributed by atoms with Gasteiger partial charge >= 0.3 is 0 Å². The van der Waals surface area contributed by atoms with Gasteiger partial charge in [0.1, 0.15) is 4.90 Å². The van der Waals surface area contributed by atoms with Gasteiger partial charge in [-0.3, -0.25) is 0 Å². The summed E-state index contributed by atoms with van der Waals surface area (Å²) in [6.07, 6.45) is 0. The molecule has 1 aromatic carbocycles. The van der Waals surface area contributed by atoms with Gasteiger partial charge in [0, 0.05) is 5.69 Å². The summed E-state index contributed by atoms with van der Waals surface area (Å²) in [7, 11) is -2.28. The third-order valence-electron chi connectivity index (χ3n) is 2.68. The van der Waals surface area contributed by atoms with E-state index in [0.717, 1.165) is 0 Å². The van der Waals surface area contributed by atoms with Gasteiger partial charge in [-0.1, -0.05) is 5.21 Å². The van der Waals surface area contributed by atoms with E-state index in [0.29, 0.717) is 17.2 Å².